The van der Waals surface area contributed by atoms with Gasteiger partial charge in [-0.1, -0.05) is 55.1 Å². The summed E-state index contributed by atoms with van der Waals surface area (Å²) in [6.07, 6.45) is 0.833. The third-order valence-electron chi connectivity index (χ3n) is 2.26. The van der Waals surface area contributed by atoms with Crippen molar-refractivity contribution in [3.05, 3.63) is 67.3 Å². The minimum Gasteiger partial charge on any atom is -0.507 e. The number of aliphatic carboxylic acids is 1. The van der Waals surface area contributed by atoms with Crippen LogP contribution in [0.3, 0.4) is 0 Å². The summed E-state index contributed by atoms with van der Waals surface area (Å²) in [5.41, 5.74) is 1.92. The highest BCUT2D eigenvalue weighted by Crippen LogP contribution is 2.27. The van der Waals surface area contributed by atoms with E-state index < -0.39 is 5.97 Å². The van der Waals surface area contributed by atoms with Gasteiger partial charge in [-0.3, -0.25) is 0 Å². The number of aliphatic hydroxyl groups excluding tert-OH is 2. The molecular formula is C17H20O5. The van der Waals surface area contributed by atoms with Gasteiger partial charge in [-0.15, -0.1) is 0 Å². The Bertz CT molecular complexity index is 550. The van der Waals surface area contributed by atoms with Gasteiger partial charge in [-0.2, -0.15) is 0 Å². The summed E-state index contributed by atoms with van der Waals surface area (Å²) >= 11 is 0. The van der Waals surface area contributed by atoms with Crippen LogP contribution in [0.25, 0.3) is 11.1 Å². The predicted molar refractivity (Wildman–Crippen MR) is 85.5 cm³/mol. The lowest BCUT2D eigenvalue weighted by Crippen LogP contribution is -1.85. The predicted octanol–water partition coefficient (Wildman–Crippen LogP) is 2.29. The van der Waals surface area contributed by atoms with Gasteiger partial charge in [0.25, 0.3) is 0 Å². The molecule has 0 aromatic heterocycles. The van der Waals surface area contributed by atoms with E-state index in [4.69, 9.17) is 15.3 Å². The molecule has 0 heterocycles. The zero-order valence-electron chi connectivity index (χ0n) is 12.1. The second-order valence-electron chi connectivity index (χ2n) is 3.87. The van der Waals surface area contributed by atoms with Crippen molar-refractivity contribution < 1.29 is 25.2 Å². The zero-order chi connectivity index (χ0) is 16.8. The summed E-state index contributed by atoms with van der Waals surface area (Å²) in [6, 6.07) is 17.2. The Balaban J connectivity index is 0.000000411. The lowest BCUT2D eigenvalue weighted by atomic mass is 10.1. The molecule has 0 aliphatic carbocycles. The van der Waals surface area contributed by atoms with Gasteiger partial charge in [0, 0.05) is 11.6 Å². The number of aromatic hydroxyl groups is 1. The fraction of sp³-hybridized carbons (Fsp3) is 0.118. The van der Waals surface area contributed by atoms with Gasteiger partial charge in [0.05, 0.1) is 13.2 Å². The van der Waals surface area contributed by atoms with Gasteiger partial charge in [0.1, 0.15) is 5.75 Å². The third kappa shape index (κ3) is 8.52. The van der Waals surface area contributed by atoms with Gasteiger partial charge in [0.15, 0.2) is 0 Å². The van der Waals surface area contributed by atoms with E-state index in [2.05, 4.69) is 6.58 Å². The van der Waals surface area contributed by atoms with E-state index in [1.807, 2.05) is 48.5 Å². The van der Waals surface area contributed by atoms with E-state index in [-0.39, 0.29) is 13.2 Å². The molecule has 0 fully saturated rings. The van der Waals surface area contributed by atoms with E-state index in [0.717, 1.165) is 17.2 Å². The largest absolute Gasteiger partial charge is 0.507 e. The number of rotatable bonds is 3. The Morgan fingerprint density at radius 1 is 0.955 bits per heavy atom. The molecule has 0 saturated heterocycles. The summed E-state index contributed by atoms with van der Waals surface area (Å²) < 4.78 is 0. The first-order chi connectivity index (χ1) is 10.6. The maximum Gasteiger partial charge on any atom is 0.327 e. The number of phenols is 1. The summed E-state index contributed by atoms with van der Waals surface area (Å²) in [4.78, 5) is 9.25. The molecule has 0 atom stereocenters. The van der Waals surface area contributed by atoms with Crippen molar-refractivity contribution in [2.75, 3.05) is 13.2 Å². The molecule has 118 valence electrons. The maximum absolute atomic E-state index is 9.56. The van der Waals surface area contributed by atoms with Crippen LogP contribution < -0.4 is 0 Å². The van der Waals surface area contributed by atoms with Crippen LogP contribution in [-0.4, -0.2) is 39.6 Å². The van der Waals surface area contributed by atoms with Crippen molar-refractivity contribution in [2.45, 2.75) is 0 Å². The number of para-hydroxylation sites is 1. The quantitative estimate of drug-likeness (QED) is 0.652. The van der Waals surface area contributed by atoms with Crippen LogP contribution in [0, 0.1) is 0 Å². The second kappa shape index (κ2) is 12.1. The number of hydrogen-bond acceptors (Lipinski definition) is 4. The van der Waals surface area contributed by atoms with Crippen molar-refractivity contribution in [1.82, 2.24) is 0 Å². The number of hydrogen-bond donors (Lipinski definition) is 4. The first kappa shape index (κ1) is 19.4. The van der Waals surface area contributed by atoms with Crippen LogP contribution in [0.5, 0.6) is 5.75 Å². The van der Waals surface area contributed by atoms with Gasteiger partial charge in [-0.05, 0) is 11.6 Å². The summed E-state index contributed by atoms with van der Waals surface area (Å²) in [5, 5.41) is 32.4. The standard InChI is InChI=1S/C12H10O.C3H4O2.C2H6O2/c13-12-9-5-4-8-11(12)10-6-2-1-3-7-10;1-2-3(4)5;3-1-2-4/h1-9,13H;2H,1H2,(H,4,5);3-4H,1-2H2. The third-order valence-corrected chi connectivity index (χ3v) is 2.26. The van der Waals surface area contributed by atoms with E-state index in [1.165, 1.54) is 0 Å². The smallest absolute Gasteiger partial charge is 0.327 e. The molecular weight excluding hydrogens is 284 g/mol. The first-order valence-electron chi connectivity index (χ1n) is 6.47. The zero-order valence-corrected chi connectivity index (χ0v) is 12.1. The van der Waals surface area contributed by atoms with E-state index in [0.29, 0.717) is 5.75 Å². The molecule has 4 N–H and O–H groups in total. The van der Waals surface area contributed by atoms with E-state index >= 15 is 0 Å². The number of carboxylic acids is 1. The summed E-state index contributed by atoms with van der Waals surface area (Å²) in [5.74, 6) is -0.654. The highest BCUT2D eigenvalue weighted by atomic mass is 16.4. The monoisotopic (exact) mass is 304 g/mol. The molecule has 0 saturated carbocycles. The number of aliphatic hydroxyl groups is 2. The minimum absolute atomic E-state index is 0.125. The fourth-order valence-electron chi connectivity index (χ4n) is 1.34. The van der Waals surface area contributed by atoms with Crippen molar-refractivity contribution in [3.8, 4) is 16.9 Å². The van der Waals surface area contributed by atoms with Crippen molar-refractivity contribution in [2.24, 2.45) is 0 Å². The fourth-order valence-corrected chi connectivity index (χ4v) is 1.34. The van der Waals surface area contributed by atoms with Crippen LogP contribution in [-0.2, 0) is 4.79 Å². The Hall–Kier alpha value is -2.63. The molecule has 0 bridgehead atoms. The molecule has 0 spiro atoms. The Morgan fingerprint density at radius 3 is 1.82 bits per heavy atom. The van der Waals surface area contributed by atoms with Crippen LogP contribution in [0.4, 0.5) is 0 Å². The number of carboxylic acid groups (broad SMARTS) is 1. The molecule has 0 amide bonds. The SMILES string of the molecule is C=CC(=O)O.OCCO.Oc1ccccc1-c1ccccc1. The maximum atomic E-state index is 9.56. The number of benzene rings is 2. The van der Waals surface area contributed by atoms with Gasteiger partial charge < -0.3 is 20.4 Å². The molecule has 2 rings (SSSR count). The summed E-state index contributed by atoms with van der Waals surface area (Å²) in [6.45, 7) is 2.71. The Labute approximate surface area is 129 Å². The molecule has 2 aromatic carbocycles. The molecule has 0 aliphatic rings. The summed E-state index contributed by atoms with van der Waals surface area (Å²) in [7, 11) is 0. The van der Waals surface area contributed by atoms with Gasteiger partial charge in [-0.25, -0.2) is 4.79 Å². The van der Waals surface area contributed by atoms with Gasteiger partial charge >= 0.3 is 5.97 Å². The molecule has 0 aliphatic heterocycles. The molecule has 2 aromatic rings. The lowest BCUT2D eigenvalue weighted by molar-refractivity contribution is -0.131. The molecule has 5 nitrogen and oxygen atoms in total. The van der Waals surface area contributed by atoms with Crippen LogP contribution in [0.2, 0.25) is 0 Å². The minimum atomic E-state index is -0.981. The van der Waals surface area contributed by atoms with E-state index in [9.17, 15) is 9.90 Å². The van der Waals surface area contributed by atoms with E-state index in [1.54, 1.807) is 6.07 Å². The van der Waals surface area contributed by atoms with Crippen LogP contribution in [0.15, 0.2) is 67.3 Å². The van der Waals surface area contributed by atoms with Crippen LogP contribution in [0.1, 0.15) is 0 Å². The normalized spacial score (nSPS) is 8.64. The Morgan fingerprint density at radius 2 is 1.41 bits per heavy atom. The molecule has 0 radical (unpaired) electrons. The highest BCUT2D eigenvalue weighted by molar-refractivity contribution is 5.78. The van der Waals surface area contributed by atoms with Gasteiger partial charge in [0.2, 0.25) is 0 Å². The molecule has 5 heteroatoms. The van der Waals surface area contributed by atoms with Crippen LogP contribution >= 0.6 is 0 Å². The Kier molecular flexibility index (Phi) is 10.7. The topological polar surface area (TPSA) is 98.0 Å². The molecule has 22 heavy (non-hydrogen) atoms. The second-order valence-corrected chi connectivity index (χ2v) is 3.87. The van der Waals surface area contributed by atoms with Crippen molar-refractivity contribution >= 4 is 5.97 Å². The van der Waals surface area contributed by atoms with Crippen molar-refractivity contribution in [3.63, 3.8) is 0 Å². The average molecular weight is 304 g/mol. The van der Waals surface area contributed by atoms with Crippen molar-refractivity contribution in [1.29, 1.82) is 0 Å². The molecule has 0 unspecified atom stereocenters. The number of phenolic OH excluding ortho intramolecular Hbond substituents is 1. The number of carbonyl (C=O) groups is 1. The average Bonchev–Trinajstić information content (AvgIpc) is 2.57. The lowest BCUT2D eigenvalue weighted by Gasteiger charge is -2.02. The first-order valence-corrected chi connectivity index (χ1v) is 6.47. The highest BCUT2D eigenvalue weighted by Gasteiger charge is 2.00.